The average Bonchev–Trinajstić information content (AvgIpc) is 2.88. The smallest absolute Gasteiger partial charge is 0.410 e. The van der Waals surface area contributed by atoms with Gasteiger partial charge in [0.2, 0.25) is 0 Å². The number of halogens is 1. The first-order valence-corrected chi connectivity index (χ1v) is 9.34. The average molecular weight is 434 g/mol. The fourth-order valence-electron chi connectivity index (χ4n) is 2.76. The SMILES string of the molecule is CC(C)(C)OC(=O)N1CCCC(CCNCc2ccc(I)o2)C1. The highest BCUT2D eigenvalue weighted by Crippen LogP contribution is 2.21. The number of amides is 1. The van der Waals surface area contributed by atoms with E-state index in [1.165, 1.54) is 6.42 Å². The number of piperidine rings is 1. The number of nitrogens with one attached hydrogen (secondary N) is 1. The maximum atomic E-state index is 12.2. The Kier molecular flexibility index (Phi) is 6.76. The van der Waals surface area contributed by atoms with Crippen LogP contribution in [0.15, 0.2) is 16.5 Å². The van der Waals surface area contributed by atoms with Gasteiger partial charge in [0.15, 0.2) is 3.77 Å². The van der Waals surface area contributed by atoms with Gasteiger partial charge in [0.1, 0.15) is 11.4 Å². The van der Waals surface area contributed by atoms with Crippen molar-refractivity contribution in [2.75, 3.05) is 19.6 Å². The Morgan fingerprint density at radius 3 is 2.91 bits per heavy atom. The molecule has 0 bridgehead atoms. The van der Waals surface area contributed by atoms with E-state index in [-0.39, 0.29) is 6.09 Å². The van der Waals surface area contributed by atoms with Gasteiger partial charge in [0.25, 0.3) is 0 Å². The minimum Gasteiger partial charge on any atom is -0.454 e. The zero-order valence-corrected chi connectivity index (χ0v) is 16.4. The summed E-state index contributed by atoms with van der Waals surface area (Å²) in [5.74, 6) is 1.51. The van der Waals surface area contributed by atoms with Crippen molar-refractivity contribution in [1.29, 1.82) is 0 Å². The molecule has 1 N–H and O–H groups in total. The molecule has 0 radical (unpaired) electrons. The van der Waals surface area contributed by atoms with Crippen LogP contribution in [0.2, 0.25) is 0 Å². The Morgan fingerprint density at radius 1 is 1.48 bits per heavy atom. The van der Waals surface area contributed by atoms with E-state index in [2.05, 4.69) is 27.9 Å². The van der Waals surface area contributed by atoms with Gasteiger partial charge < -0.3 is 19.4 Å². The molecule has 1 unspecified atom stereocenters. The predicted octanol–water partition coefficient (Wildman–Crippen LogP) is 4.01. The fraction of sp³-hybridized carbons (Fsp3) is 0.706. The summed E-state index contributed by atoms with van der Waals surface area (Å²) in [6, 6.07) is 3.97. The minimum atomic E-state index is -0.424. The lowest BCUT2D eigenvalue weighted by atomic mass is 9.95. The Hall–Kier alpha value is -0.760. The number of furan rings is 1. The highest BCUT2D eigenvalue weighted by molar-refractivity contribution is 14.1. The van der Waals surface area contributed by atoms with Crippen molar-refractivity contribution in [3.8, 4) is 0 Å². The van der Waals surface area contributed by atoms with Crippen LogP contribution in [-0.2, 0) is 11.3 Å². The number of likely N-dealkylation sites (tertiary alicyclic amines) is 1. The van der Waals surface area contributed by atoms with E-state index >= 15 is 0 Å². The zero-order valence-electron chi connectivity index (χ0n) is 14.2. The van der Waals surface area contributed by atoms with Gasteiger partial charge in [-0.2, -0.15) is 0 Å². The predicted molar refractivity (Wildman–Crippen MR) is 98.3 cm³/mol. The van der Waals surface area contributed by atoms with Crippen LogP contribution in [0.25, 0.3) is 0 Å². The molecule has 0 aliphatic carbocycles. The Balaban J connectivity index is 1.68. The molecule has 1 aliphatic rings. The number of hydrogen-bond acceptors (Lipinski definition) is 4. The van der Waals surface area contributed by atoms with E-state index in [0.717, 1.165) is 48.5 Å². The van der Waals surface area contributed by atoms with E-state index in [4.69, 9.17) is 9.15 Å². The van der Waals surface area contributed by atoms with Crippen LogP contribution in [-0.4, -0.2) is 36.2 Å². The van der Waals surface area contributed by atoms with Gasteiger partial charge in [-0.3, -0.25) is 0 Å². The molecule has 0 aromatic carbocycles. The largest absolute Gasteiger partial charge is 0.454 e. The van der Waals surface area contributed by atoms with Crippen LogP contribution in [0.5, 0.6) is 0 Å². The molecule has 1 aliphatic heterocycles. The lowest BCUT2D eigenvalue weighted by molar-refractivity contribution is 0.0162. The number of carbonyl (C=O) groups excluding carboxylic acids is 1. The molecule has 0 spiro atoms. The highest BCUT2D eigenvalue weighted by atomic mass is 127. The number of hydrogen-bond donors (Lipinski definition) is 1. The second-order valence-electron chi connectivity index (χ2n) is 7.11. The fourth-order valence-corrected chi connectivity index (χ4v) is 3.22. The van der Waals surface area contributed by atoms with Crippen LogP contribution in [0, 0.1) is 9.68 Å². The summed E-state index contributed by atoms with van der Waals surface area (Å²) >= 11 is 2.17. The van der Waals surface area contributed by atoms with Crippen LogP contribution in [0.4, 0.5) is 4.79 Å². The topological polar surface area (TPSA) is 54.7 Å². The summed E-state index contributed by atoms with van der Waals surface area (Å²) in [6.07, 6.45) is 3.12. The third kappa shape index (κ3) is 6.71. The molecule has 1 aromatic heterocycles. The Labute approximate surface area is 152 Å². The van der Waals surface area contributed by atoms with Gasteiger partial charge in [0.05, 0.1) is 6.54 Å². The van der Waals surface area contributed by atoms with Gasteiger partial charge in [-0.15, -0.1) is 0 Å². The maximum absolute atomic E-state index is 12.2. The Morgan fingerprint density at radius 2 is 2.26 bits per heavy atom. The van der Waals surface area contributed by atoms with Crippen molar-refractivity contribution in [3.63, 3.8) is 0 Å². The summed E-state index contributed by atoms with van der Waals surface area (Å²) in [5.41, 5.74) is -0.424. The molecular weight excluding hydrogens is 407 g/mol. The summed E-state index contributed by atoms with van der Waals surface area (Å²) in [7, 11) is 0. The first kappa shape index (κ1) is 18.6. The molecule has 1 atom stereocenters. The summed E-state index contributed by atoms with van der Waals surface area (Å²) < 4.78 is 11.9. The molecule has 2 rings (SSSR count). The number of nitrogens with zero attached hydrogens (tertiary/aromatic N) is 1. The molecule has 130 valence electrons. The lowest BCUT2D eigenvalue weighted by Gasteiger charge is -2.34. The first-order chi connectivity index (χ1) is 10.8. The third-order valence-electron chi connectivity index (χ3n) is 3.83. The molecule has 6 heteroatoms. The molecule has 23 heavy (non-hydrogen) atoms. The van der Waals surface area contributed by atoms with Crippen LogP contribution in [0.3, 0.4) is 0 Å². The minimum absolute atomic E-state index is 0.180. The van der Waals surface area contributed by atoms with Crippen molar-refractivity contribution in [1.82, 2.24) is 10.2 Å². The number of carbonyl (C=O) groups is 1. The van der Waals surface area contributed by atoms with Crippen molar-refractivity contribution >= 4 is 28.7 Å². The van der Waals surface area contributed by atoms with Crippen molar-refractivity contribution < 1.29 is 13.9 Å². The van der Waals surface area contributed by atoms with Crippen LogP contribution in [0.1, 0.15) is 45.8 Å². The standard InChI is InChI=1S/C17H27IN2O3/c1-17(2,3)23-16(21)20-10-4-5-13(12-20)8-9-19-11-14-6-7-15(18)22-14/h6-7,13,19H,4-5,8-12H2,1-3H3. The number of ether oxygens (including phenoxy) is 1. The van der Waals surface area contributed by atoms with E-state index in [1.54, 1.807) is 0 Å². The van der Waals surface area contributed by atoms with E-state index in [0.29, 0.717) is 5.92 Å². The van der Waals surface area contributed by atoms with E-state index in [9.17, 15) is 4.79 Å². The van der Waals surface area contributed by atoms with Gasteiger partial charge in [0, 0.05) is 13.1 Å². The highest BCUT2D eigenvalue weighted by Gasteiger charge is 2.27. The Bertz CT molecular complexity index is 510. The quantitative estimate of drug-likeness (QED) is 0.562. The molecule has 1 fully saturated rings. The summed E-state index contributed by atoms with van der Waals surface area (Å²) in [6.45, 7) is 9.03. The molecular formula is C17H27IN2O3. The van der Waals surface area contributed by atoms with Gasteiger partial charge in [-0.05, 0) is 87.2 Å². The first-order valence-electron chi connectivity index (χ1n) is 8.26. The maximum Gasteiger partial charge on any atom is 0.410 e. The summed E-state index contributed by atoms with van der Waals surface area (Å²) in [4.78, 5) is 14.0. The molecule has 1 saturated heterocycles. The van der Waals surface area contributed by atoms with Crippen molar-refractivity contribution in [3.05, 3.63) is 21.7 Å². The molecule has 5 nitrogen and oxygen atoms in total. The van der Waals surface area contributed by atoms with Gasteiger partial charge in [-0.25, -0.2) is 4.79 Å². The van der Waals surface area contributed by atoms with Gasteiger partial charge >= 0.3 is 6.09 Å². The van der Waals surface area contributed by atoms with Crippen LogP contribution >= 0.6 is 22.6 Å². The number of rotatable bonds is 5. The molecule has 1 amide bonds. The second-order valence-corrected chi connectivity index (χ2v) is 8.17. The van der Waals surface area contributed by atoms with E-state index < -0.39 is 5.60 Å². The van der Waals surface area contributed by atoms with Crippen molar-refractivity contribution in [2.45, 2.75) is 52.2 Å². The van der Waals surface area contributed by atoms with E-state index in [1.807, 2.05) is 37.8 Å². The second kappa shape index (κ2) is 8.37. The lowest BCUT2D eigenvalue weighted by Crippen LogP contribution is -2.43. The molecule has 0 saturated carbocycles. The zero-order chi connectivity index (χ0) is 16.9. The van der Waals surface area contributed by atoms with Crippen molar-refractivity contribution in [2.24, 2.45) is 5.92 Å². The van der Waals surface area contributed by atoms with Crippen LogP contribution < -0.4 is 5.32 Å². The third-order valence-corrected chi connectivity index (χ3v) is 4.41. The molecule has 1 aromatic rings. The summed E-state index contributed by atoms with van der Waals surface area (Å²) in [5, 5.41) is 3.41. The van der Waals surface area contributed by atoms with Gasteiger partial charge in [-0.1, -0.05) is 0 Å². The normalized spacial score (nSPS) is 19.0. The monoisotopic (exact) mass is 434 g/mol. The molecule has 2 heterocycles.